The Hall–Kier alpha value is -1.77. The predicted molar refractivity (Wildman–Crippen MR) is 52.7 cm³/mol. The highest BCUT2D eigenvalue weighted by atomic mass is 19.4. The maximum Gasteiger partial charge on any atom is 0.502 e. The van der Waals surface area contributed by atoms with Crippen LogP contribution in [0.1, 0.15) is 11.3 Å². The number of terminal acetylenes is 1. The fourth-order valence-corrected chi connectivity index (χ4v) is 0.962. The quantitative estimate of drug-likeness (QED) is 0.564. The highest BCUT2D eigenvalue weighted by Crippen LogP contribution is 2.14. The van der Waals surface area contributed by atoms with E-state index in [4.69, 9.17) is 6.42 Å². The molecule has 1 heterocycles. The first-order valence-electron chi connectivity index (χ1n) is 4.14. The topological polar surface area (TPSA) is 25.8 Å². The number of nitrogens with zero attached hydrogens (tertiary/aromatic N) is 2. The molecule has 0 fully saturated rings. The summed E-state index contributed by atoms with van der Waals surface area (Å²) in [5, 5.41) is 0. The Morgan fingerprint density at radius 3 is 2.80 bits per heavy atom. The maximum atomic E-state index is 12.0. The van der Waals surface area contributed by atoms with Crippen molar-refractivity contribution in [2.24, 2.45) is 0 Å². The molecule has 1 aromatic heterocycles. The lowest BCUT2D eigenvalue weighted by Crippen LogP contribution is -2.09. The van der Waals surface area contributed by atoms with Crippen LogP contribution in [0.25, 0.3) is 6.08 Å². The summed E-state index contributed by atoms with van der Waals surface area (Å²) in [4.78, 5) is 7.44. The van der Waals surface area contributed by atoms with E-state index in [9.17, 15) is 12.9 Å². The first kappa shape index (κ1) is 11.3. The molecule has 0 atom stereocenters. The largest absolute Gasteiger partial charge is 0.502 e. The van der Waals surface area contributed by atoms with Crippen molar-refractivity contribution < 1.29 is 12.9 Å². The Balaban J connectivity index is 2.95. The first-order chi connectivity index (χ1) is 7.03. The highest BCUT2D eigenvalue weighted by molar-refractivity contribution is 6.64. The van der Waals surface area contributed by atoms with Crippen LogP contribution < -0.4 is 0 Å². The SMILES string of the molecule is C#CCc1ncncc1/C=C/[B-](F)(F)F. The second kappa shape index (κ2) is 4.64. The monoisotopic (exact) mass is 211 g/mol. The summed E-state index contributed by atoms with van der Waals surface area (Å²) in [6, 6.07) is 0. The molecule has 0 aliphatic carbocycles. The van der Waals surface area contributed by atoms with Gasteiger partial charge in [0.15, 0.2) is 0 Å². The Bertz CT molecular complexity index is 407. The van der Waals surface area contributed by atoms with Gasteiger partial charge in [0, 0.05) is 11.8 Å². The second-order valence-corrected chi connectivity index (χ2v) is 2.79. The Kier molecular flexibility index (Phi) is 3.50. The van der Waals surface area contributed by atoms with Crippen LogP contribution in [0.4, 0.5) is 12.9 Å². The van der Waals surface area contributed by atoms with E-state index < -0.39 is 6.98 Å². The van der Waals surface area contributed by atoms with Gasteiger partial charge in [0.1, 0.15) is 6.33 Å². The first-order valence-corrected chi connectivity index (χ1v) is 4.14. The highest BCUT2D eigenvalue weighted by Gasteiger charge is 2.17. The van der Waals surface area contributed by atoms with Crippen LogP contribution in [0.15, 0.2) is 18.5 Å². The molecule has 15 heavy (non-hydrogen) atoms. The average molecular weight is 211 g/mol. The van der Waals surface area contributed by atoms with Crippen LogP contribution in [-0.2, 0) is 6.42 Å². The number of hydrogen-bond donors (Lipinski definition) is 0. The third-order valence-corrected chi connectivity index (χ3v) is 1.59. The van der Waals surface area contributed by atoms with Crippen molar-refractivity contribution in [2.75, 3.05) is 0 Å². The van der Waals surface area contributed by atoms with E-state index in [0.29, 0.717) is 11.3 Å². The minimum Gasteiger partial charge on any atom is -0.445 e. The minimum atomic E-state index is -4.94. The number of rotatable bonds is 3. The smallest absolute Gasteiger partial charge is 0.445 e. The molecule has 0 aliphatic rings. The molecule has 0 amide bonds. The van der Waals surface area contributed by atoms with E-state index in [1.165, 1.54) is 12.5 Å². The van der Waals surface area contributed by atoms with Crippen molar-refractivity contribution in [1.82, 2.24) is 9.97 Å². The summed E-state index contributed by atoms with van der Waals surface area (Å²) in [5.41, 5.74) is 0.721. The van der Waals surface area contributed by atoms with E-state index in [1.807, 2.05) is 0 Å². The summed E-state index contributed by atoms with van der Waals surface area (Å²) in [6.07, 6.45) is 8.74. The number of aromatic nitrogens is 2. The molecule has 0 radical (unpaired) electrons. The van der Waals surface area contributed by atoms with Gasteiger partial charge in [-0.25, -0.2) is 9.97 Å². The molecule has 0 N–H and O–H groups in total. The fraction of sp³-hybridized carbons (Fsp3) is 0.111. The lowest BCUT2D eigenvalue weighted by molar-refractivity contribution is 0.499. The van der Waals surface area contributed by atoms with Gasteiger partial charge in [-0.2, -0.15) is 0 Å². The van der Waals surface area contributed by atoms with Crippen LogP contribution in [0.2, 0.25) is 0 Å². The lowest BCUT2D eigenvalue weighted by Gasteiger charge is -2.07. The van der Waals surface area contributed by atoms with Crippen molar-refractivity contribution in [3.05, 3.63) is 29.8 Å². The Labute approximate surface area is 85.3 Å². The van der Waals surface area contributed by atoms with Gasteiger partial charge in [0.05, 0.1) is 12.1 Å². The van der Waals surface area contributed by atoms with E-state index in [-0.39, 0.29) is 12.4 Å². The van der Waals surface area contributed by atoms with Gasteiger partial charge in [0.2, 0.25) is 0 Å². The molecular formula is C9H7BF3N2-. The van der Waals surface area contributed by atoms with Gasteiger partial charge in [-0.3, -0.25) is 0 Å². The molecule has 0 bridgehead atoms. The zero-order valence-corrected chi connectivity index (χ0v) is 7.70. The van der Waals surface area contributed by atoms with Gasteiger partial charge < -0.3 is 12.9 Å². The average Bonchev–Trinajstić information content (AvgIpc) is 2.16. The van der Waals surface area contributed by atoms with Crippen molar-refractivity contribution in [1.29, 1.82) is 0 Å². The molecular weight excluding hydrogens is 204 g/mol. The van der Waals surface area contributed by atoms with Crippen LogP contribution in [0, 0.1) is 12.3 Å². The van der Waals surface area contributed by atoms with Gasteiger partial charge in [-0.15, -0.1) is 18.3 Å². The van der Waals surface area contributed by atoms with Gasteiger partial charge in [-0.05, 0) is 0 Å². The zero-order chi connectivity index (χ0) is 11.3. The summed E-state index contributed by atoms with van der Waals surface area (Å²) >= 11 is 0. The molecule has 0 saturated heterocycles. The minimum absolute atomic E-state index is 0.188. The number of hydrogen-bond acceptors (Lipinski definition) is 2. The Morgan fingerprint density at radius 1 is 1.47 bits per heavy atom. The van der Waals surface area contributed by atoms with Crippen molar-refractivity contribution in [3.8, 4) is 12.3 Å². The number of halogens is 3. The van der Waals surface area contributed by atoms with E-state index in [2.05, 4.69) is 15.9 Å². The van der Waals surface area contributed by atoms with E-state index >= 15 is 0 Å². The summed E-state index contributed by atoms with van der Waals surface area (Å²) in [6.45, 7) is -4.94. The van der Waals surface area contributed by atoms with Crippen LogP contribution in [0.5, 0.6) is 0 Å². The van der Waals surface area contributed by atoms with Crippen LogP contribution in [-0.4, -0.2) is 16.9 Å². The molecule has 0 spiro atoms. The third-order valence-electron chi connectivity index (χ3n) is 1.59. The van der Waals surface area contributed by atoms with Crippen molar-refractivity contribution in [2.45, 2.75) is 6.42 Å². The van der Waals surface area contributed by atoms with E-state index in [0.717, 1.165) is 6.08 Å². The van der Waals surface area contributed by atoms with Gasteiger partial charge in [-0.1, -0.05) is 6.08 Å². The summed E-state index contributed by atoms with van der Waals surface area (Å²) < 4.78 is 35.9. The fourth-order valence-electron chi connectivity index (χ4n) is 0.962. The normalized spacial score (nSPS) is 11.6. The maximum absolute atomic E-state index is 12.0. The van der Waals surface area contributed by atoms with Crippen molar-refractivity contribution >= 4 is 13.1 Å². The summed E-state index contributed by atoms with van der Waals surface area (Å²) in [7, 11) is 0. The molecule has 0 unspecified atom stereocenters. The molecule has 78 valence electrons. The van der Waals surface area contributed by atoms with Crippen LogP contribution >= 0.6 is 0 Å². The molecule has 0 aliphatic heterocycles. The molecule has 0 saturated carbocycles. The van der Waals surface area contributed by atoms with Gasteiger partial charge >= 0.3 is 6.98 Å². The molecule has 0 aromatic carbocycles. The predicted octanol–water partition coefficient (Wildman–Crippen LogP) is 2.05. The second-order valence-electron chi connectivity index (χ2n) is 2.79. The van der Waals surface area contributed by atoms with Gasteiger partial charge in [0.25, 0.3) is 0 Å². The molecule has 1 rings (SSSR count). The zero-order valence-electron chi connectivity index (χ0n) is 7.70. The van der Waals surface area contributed by atoms with E-state index in [1.54, 1.807) is 0 Å². The molecule has 6 heteroatoms. The third kappa shape index (κ3) is 3.85. The molecule has 1 aromatic rings. The Morgan fingerprint density at radius 2 is 2.20 bits per heavy atom. The molecule has 2 nitrogen and oxygen atoms in total. The standard InChI is InChI=1S/C9H7BF3N2/c1-2-3-9-8(6-14-7-15-9)4-5-10(11,12)13/h1,4-7H,3H2/q-1/b5-4+. The lowest BCUT2D eigenvalue weighted by atomic mass is 9.90. The van der Waals surface area contributed by atoms with Crippen molar-refractivity contribution in [3.63, 3.8) is 0 Å². The summed E-state index contributed by atoms with van der Waals surface area (Å²) in [5.74, 6) is 2.51. The van der Waals surface area contributed by atoms with Crippen LogP contribution in [0.3, 0.4) is 0 Å².